The number of aromatic nitrogens is 3. The highest BCUT2D eigenvalue weighted by Crippen LogP contribution is 2.40. The maximum absolute atomic E-state index is 17.8. The number of para-hydroxylation sites is 3. The molecule has 200 valence electrons. The van der Waals surface area contributed by atoms with Crippen LogP contribution in [-0.4, -0.2) is 15.0 Å². The Hall–Kier alpha value is -5.56. The molecule has 0 aliphatic heterocycles. The van der Waals surface area contributed by atoms with E-state index in [1.54, 1.807) is 91.0 Å². The molecule has 0 unspecified atom stereocenters. The van der Waals surface area contributed by atoms with Gasteiger partial charge in [-0.15, -0.1) is 0 Å². The number of hydrogen-bond acceptors (Lipinski definition) is 6. The van der Waals surface area contributed by atoms with Crippen LogP contribution in [0.25, 0.3) is 0 Å². The standard InChI is InChI=1S/C34H24FN3O3/c35-34(28-19-10-22-31(36-28)39-25-13-4-1-5-14-25,29-20-11-23-32(37-29)40-26-15-6-2-7-16-26)30-21-12-24-33(38-30)41-27-17-8-3-9-18-27/h1-24H. The van der Waals surface area contributed by atoms with Crippen LogP contribution in [-0.2, 0) is 5.67 Å². The molecular formula is C34H24FN3O3. The van der Waals surface area contributed by atoms with E-state index in [1.165, 1.54) is 0 Å². The van der Waals surface area contributed by atoms with Gasteiger partial charge in [-0.2, -0.15) is 0 Å². The smallest absolute Gasteiger partial charge is 0.236 e. The molecule has 0 aliphatic carbocycles. The Bertz CT molecular complexity index is 1530. The highest BCUT2D eigenvalue weighted by molar-refractivity contribution is 5.43. The molecule has 7 heteroatoms. The molecule has 0 saturated carbocycles. The average Bonchev–Trinajstić information content (AvgIpc) is 3.03. The molecule has 3 aromatic heterocycles. The van der Waals surface area contributed by atoms with Crippen molar-refractivity contribution in [2.75, 3.05) is 0 Å². The van der Waals surface area contributed by atoms with Crippen molar-refractivity contribution in [1.29, 1.82) is 0 Å². The lowest BCUT2D eigenvalue weighted by Crippen LogP contribution is -2.28. The van der Waals surface area contributed by atoms with Crippen molar-refractivity contribution in [1.82, 2.24) is 15.0 Å². The third-order valence-corrected chi connectivity index (χ3v) is 6.13. The van der Waals surface area contributed by atoms with Crippen LogP contribution in [0.3, 0.4) is 0 Å². The van der Waals surface area contributed by atoms with Gasteiger partial charge in [0.15, 0.2) is 0 Å². The van der Waals surface area contributed by atoms with Crippen LogP contribution in [0.15, 0.2) is 146 Å². The van der Waals surface area contributed by atoms with E-state index in [0.29, 0.717) is 17.2 Å². The molecule has 0 fully saturated rings. The Balaban J connectivity index is 1.44. The SMILES string of the molecule is FC(c1cccc(Oc2ccccc2)n1)(c1cccc(Oc2ccccc2)n1)c1cccc(Oc2ccccc2)n1. The average molecular weight is 542 g/mol. The fraction of sp³-hybridized carbons (Fsp3) is 0.0294. The van der Waals surface area contributed by atoms with Crippen LogP contribution in [0, 0.1) is 0 Å². The predicted octanol–water partition coefficient (Wildman–Crippen LogP) is 8.51. The van der Waals surface area contributed by atoms with Gasteiger partial charge in [0.2, 0.25) is 23.3 Å². The van der Waals surface area contributed by atoms with Gasteiger partial charge < -0.3 is 14.2 Å². The second-order valence-corrected chi connectivity index (χ2v) is 8.99. The minimum atomic E-state index is -2.39. The third-order valence-electron chi connectivity index (χ3n) is 6.13. The molecule has 3 aromatic carbocycles. The van der Waals surface area contributed by atoms with Gasteiger partial charge in [-0.3, -0.25) is 0 Å². The number of ether oxygens (including phenoxy) is 3. The van der Waals surface area contributed by atoms with Gasteiger partial charge in [-0.05, 0) is 54.6 Å². The van der Waals surface area contributed by atoms with Crippen molar-refractivity contribution < 1.29 is 18.6 Å². The lowest BCUT2D eigenvalue weighted by atomic mass is 9.91. The first-order chi connectivity index (χ1) is 20.2. The monoisotopic (exact) mass is 541 g/mol. The zero-order valence-electron chi connectivity index (χ0n) is 21.8. The van der Waals surface area contributed by atoms with Crippen molar-refractivity contribution in [2.24, 2.45) is 0 Å². The molecule has 0 spiro atoms. The number of hydrogen-bond donors (Lipinski definition) is 0. The molecule has 41 heavy (non-hydrogen) atoms. The Morgan fingerprint density at radius 1 is 0.366 bits per heavy atom. The van der Waals surface area contributed by atoms with Gasteiger partial charge in [0.25, 0.3) is 0 Å². The van der Waals surface area contributed by atoms with E-state index in [2.05, 4.69) is 15.0 Å². The molecular weight excluding hydrogens is 517 g/mol. The van der Waals surface area contributed by atoms with Crippen LogP contribution >= 0.6 is 0 Å². The molecule has 0 N–H and O–H groups in total. The number of benzene rings is 3. The van der Waals surface area contributed by atoms with Crippen LogP contribution in [0.5, 0.6) is 34.9 Å². The van der Waals surface area contributed by atoms with Crippen molar-refractivity contribution >= 4 is 0 Å². The first kappa shape index (κ1) is 25.7. The summed E-state index contributed by atoms with van der Waals surface area (Å²) in [5.74, 6) is 2.41. The molecule has 0 amide bonds. The topological polar surface area (TPSA) is 66.4 Å². The van der Waals surface area contributed by atoms with E-state index in [0.717, 1.165) is 0 Å². The Kier molecular flexibility index (Phi) is 7.32. The normalized spacial score (nSPS) is 11.0. The van der Waals surface area contributed by atoms with Crippen molar-refractivity contribution in [2.45, 2.75) is 5.67 Å². The van der Waals surface area contributed by atoms with Crippen molar-refractivity contribution in [3.05, 3.63) is 163 Å². The van der Waals surface area contributed by atoms with Crippen molar-refractivity contribution in [3.63, 3.8) is 0 Å². The summed E-state index contributed by atoms with van der Waals surface area (Å²) in [7, 11) is 0. The highest BCUT2D eigenvalue weighted by Gasteiger charge is 2.42. The fourth-order valence-electron chi connectivity index (χ4n) is 4.21. The molecule has 3 heterocycles. The molecule has 6 rings (SSSR count). The summed E-state index contributed by atoms with van der Waals surface area (Å²) in [5, 5.41) is 0. The minimum Gasteiger partial charge on any atom is -0.439 e. The summed E-state index contributed by atoms with van der Waals surface area (Å²) in [6.07, 6.45) is 0. The lowest BCUT2D eigenvalue weighted by molar-refractivity contribution is 0.252. The van der Waals surface area contributed by atoms with E-state index >= 15 is 4.39 Å². The van der Waals surface area contributed by atoms with E-state index in [4.69, 9.17) is 14.2 Å². The predicted molar refractivity (Wildman–Crippen MR) is 153 cm³/mol. The maximum Gasteiger partial charge on any atom is 0.236 e. The molecule has 0 saturated heterocycles. The Morgan fingerprint density at radius 3 is 0.951 bits per heavy atom. The molecule has 0 bridgehead atoms. The van der Waals surface area contributed by atoms with Gasteiger partial charge in [-0.25, -0.2) is 19.3 Å². The zero-order valence-corrected chi connectivity index (χ0v) is 21.8. The molecule has 6 nitrogen and oxygen atoms in total. The number of alkyl halides is 1. The maximum atomic E-state index is 17.8. The Labute approximate surface area is 236 Å². The summed E-state index contributed by atoms with van der Waals surface area (Å²) < 4.78 is 35.6. The quantitative estimate of drug-likeness (QED) is 0.183. The van der Waals surface area contributed by atoms with Crippen LogP contribution < -0.4 is 14.2 Å². The molecule has 0 aliphatic rings. The highest BCUT2D eigenvalue weighted by atomic mass is 19.1. The largest absolute Gasteiger partial charge is 0.439 e. The molecule has 0 atom stereocenters. The van der Waals surface area contributed by atoms with Crippen LogP contribution in [0.1, 0.15) is 17.1 Å². The summed E-state index contributed by atoms with van der Waals surface area (Å²) in [6.45, 7) is 0. The molecule has 0 radical (unpaired) electrons. The molecule has 6 aromatic rings. The van der Waals surface area contributed by atoms with E-state index in [9.17, 15) is 0 Å². The van der Waals surface area contributed by atoms with E-state index < -0.39 is 5.67 Å². The minimum absolute atomic E-state index is 0.0413. The number of pyridine rings is 3. The summed E-state index contributed by atoms with van der Waals surface area (Å²) >= 11 is 0. The van der Waals surface area contributed by atoms with E-state index in [1.807, 2.05) is 54.6 Å². The lowest BCUT2D eigenvalue weighted by Gasteiger charge is -2.25. The second kappa shape index (κ2) is 11.7. The van der Waals surface area contributed by atoms with Gasteiger partial charge in [0.05, 0.1) is 17.1 Å². The fourth-order valence-corrected chi connectivity index (χ4v) is 4.21. The zero-order chi connectivity index (χ0) is 27.9. The van der Waals surface area contributed by atoms with Crippen molar-refractivity contribution in [3.8, 4) is 34.9 Å². The van der Waals surface area contributed by atoms with Gasteiger partial charge in [0.1, 0.15) is 17.2 Å². The Morgan fingerprint density at radius 2 is 0.659 bits per heavy atom. The number of nitrogens with zero attached hydrogens (tertiary/aromatic N) is 3. The van der Waals surface area contributed by atoms with Gasteiger partial charge >= 0.3 is 0 Å². The van der Waals surface area contributed by atoms with Crippen LogP contribution in [0.4, 0.5) is 4.39 Å². The first-order valence-corrected chi connectivity index (χ1v) is 13.0. The van der Waals surface area contributed by atoms with Gasteiger partial charge in [-0.1, -0.05) is 72.8 Å². The second-order valence-electron chi connectivity index (χ2n) is 8.99. The van der Waals surface area contributed by atoms with E-state index in [-0.39, 0.29) is 34.7 Å². The third kappa shape index (κ3) is 5.89. The number of halogens is 1. The van der Waals surface area contributed by atoms with Crippen LogP contribution in [0.2, 0.25) is 0 Å². The summed E-state index contributed by atoms with van der Waals surface area (Å²) in [4.78, 5) is 13.7. The summed E-state index contributed by atoms with van der Waals surface area (Å²) in [6, 6.07) is 42.4. The first-order valence-electron chi connectivity index (χ1n) is 13.0. The number of rotatable bonds is 9. The summed E-state index contributed by atoms with van der Waals surface area (Å²) in [5.41, 5.74) is -2.26. The van der Waals surface area contributed by atoms with Gasteiger partial charge in [0, 0.05) is 18.2 Å².